The van der Waals surface area contributed by atoms with Gasteiger partial charge in [0.15, 0.2) is 5.69 Å². The predicted octanol–water partition coefficient (Wildman–Crippen LogP) is 1.79. The Balaban J connectivity index is 2.27. The summed E-state index contributed by atoms with van der Waals surface area (Å²) in [7, 11) is 0. The van der Waals surface area contributed by atoms with E-state index in [0.717, 1.165) is 12.2 Å². The van der Waals surface area contributed by atoms with Gasteiger partial charge in [0.05, 0.1) is 5.39 Å². The summed E-state index contributed by atoms with van der Waals surface area (Å²) in [5, 5.41) is 10.2. The number of H-pyrrole nitrogens is 1. The lowest BCUT2D eigenvalue weighted by atomic mass is 10.1. The number of rotatable bonds is 5. The highest BCUT2D eigenvalue weighted by Crippen LogP contribution is 2.12. The lowest BCUT2D eigenvalue weighted by Crippen LogP contribution is -2.34. The predicted molar refractivity (Wildman–Crippen MR) is 82.3 cm³/mol. The van der Waals surface area contributed by atoms with E-state index in [2.05, 4.69) is 15.5 Å². The third-order valence-corrected chi connectivity index (χ3v) is 3.69. The van der Waals surface area contributed by atoms with E-state index in [1.54, 1.807) is 36.0 Å². The molecule has 0 saturated carbocycles. The Bertz CT molecular complexity index is 669. The van der Waals surface area contributed by atoms with Crippen LogP contribution in [0.4, 0.5) is 0 Å². The molecule has 0 aliphatic rings. The van der Waals surface area contributed by atoms with E-state index in [1.165, 1.54) is 0 Å². The van der Waals surface area contributed by atoms with Gasteiger partial charge in [0.1, 0.15) is 0 Å². The zero-order chi connectivity index (χ0) is 14.5. The molecule has 106 valence electrons. The molecule has 5 nitrogen and oxygen atoms in total. The number of aromatic amines is 1. The maximum Gasteiger partial charge on any atom is 0.272 e. The number of fused-ring (bicyclic) bond motifs is 1. The van der Waals surface area contributed by atoms with E-state index in [-0.39, 0.29) is 23.2 Å². The average molecular weight is 291 g/mol. The molecule has 0 aliphatic carbocycles. The van der Waals surface area contributed by atoms with E-state index >= 15 is 0 Å². The zero-order valence-electron chi connectivity index (χ0n) is 11.5. The molecule has 20 heavy (non-hydrogen) atoms. The van der Waals surface area contributed by atoms with Crippen LogP contribution in [0.15, 0.2) is 29.1 Å². The van der Waals surface area contributed by atoms with Gasteiger partial charge in [0, 0.05) is 11.4 Å². The van der Waals surface area contributed by atoms with Crippen LogP contribution in [0, 0.1) is 0 Å². The molecular formula is C14H17N3O2S. The Morgan fingerprint density at radius 1 is 1.40 bits per heavy atom. The molecule has 2 rings (SSSR count). The highest BCUT2D eigenvalue weighted by molar-refractivity contribution is 7.98. The van der Waals surface area contributed by atoms with Crippen LogP contribution >= 0.6 is 11.8 Å². The molecule has 1 amide bonds. The van der Waals surface area contributed by atoms with Crippen molar-refractivity contribution in [3.05, 3.63) is 40.3 Å². The van der Waals surface area contributed by atoms with Gasteiger partial charge < -0.3 is 5.32 Å². The Morgan fingerprint density at radius 3 is 2.80 bits per heavy atom. The number of carbonyl (C=O) groups is 1. The van der Waals surface area contributed by atoms with Crippen molar-refractivity contribution in [2.24, 2.45) is 0 Å². The molecule has 0 spiro atoms. The third-order valence-electron chi connectivity index (χ3n) is 3.04. The Morgan fingerprint density at radius 2 is 2.10 bits per heavy atom. The lowest BCUT2D eigenvalue weighted by Gasteiger charge is -2.13. The highest BCUT2D eigenvalue weighted by Gasteiger charge is 2.15. The number of carbonyl (C=O) groups excluding carboxylic acids is 1. The van der Waals surface area contributed by atoms with Crippen LogP contribution in [0.5, 0.6) is 0 Å². The molecule has 1 atom stereocenters. The van der Waals surface area contributed by atoms with Crippen molar-refractivity contribution in [2.75, 3.05) is 12.0 Å². The molecule has 2 N–H and O–H groups in total. The molecule has 1 aromatic heterocycles. The van der Waals surface area contributed by atoms with Crippen molar-refractivity contribution in [1.29, 1.82) is 0 Å². The topological polar surface area (TPSA) is 74.8 Å². The van der Waals surface area contributed by atoms with Gasteiger partial charge in [-0.3, -0.25) is 9.59 Å². The van der Waals surface area contributed by atoms with E-state index in [4.69, 9.17) is 0 Å². The lowest BCUT2D eigenvalue weighted by molar-refractivity contribution is 0.0935. The van der Waals surface area contributed by atoms with Gasteiger partial charge in [-0.05, 0) is 31.4 Å². The number of hydrogen-bond donors (Lipinski definition) is 2. The van der Waals surface area contributed by atoms with Crippen LogP contribution in [0.3, 0.4) is 0 Å². The molecule has 0 fully saturated rings. The monoisotopic (exact) mass is 291 g/mol. The normalized spacial score (nSPS) is 12.3. The fraction of sp³-hybridized carbons (Fsp3) is 0.357. The number of benzene rings is 1. The molecule has 0 radical (unpaired) electrons. The smallest absolute Gasteiger partial charge is 0.272 e. The summed E-state index contributed by atoms with van der Waals surface area (Å²) in [6, 6.07) is 7.04. The number of nitrogens with one attached hydrogen (secondary N) is 2. The molecule has 0 saturated heterocycles. The van der Waals surface area contributed by atoms with Gasteiger partial charge in [-0.15, -0.1) is 0 Å². The molecule has 0 bridgehead atoms. The fourth-order valence-corrected chi connectivity index (χ4v) is 2.54. The first-order chi connectivity index (χ1) is 9.63. The number of amides is 1. The van der Waals surface area contributed by atoms with Gasteiger partial charge in [0.25, 0.3) is 11.5 Å². The quantitative estimate of drug-likeness (QED) is 0.881. The van der Waals surface area contributed by atoms with E-state index in [9.17, 15) is 9.59 Å². The zero-order valence-corrected chi connectivity index (χ0v) is 12.3. The van der Waals surface area contributed by atoms with Gasteiger partial charge in [-0.1, -0.05) is 18.2 Å². The summed E-state index contributed by atoms with van der Waals surface area (Å²) in [6.07, 6.45) is 2.93. The second-order valence-corrected chi connectivity index (χ2v) is 5.59. The number of thioether (sulfide) groups is 1. The number of hydrogen-bond acceptors (Lipinski definition) is 4. The van der Waals surface area contributed by atoms with Crippen molar-refractivity contribution >= 4 is 28.4 Å². The summed E-state index contributed by atoms with van der Waals surface area (Å²) in [6.45, 7) is 1.96. The number of nitrogens with zero attached hydrogens (tertiary/aromatic N) is 1. The van der Waals surface area contributed by atoms with Crippen molar-refractivity contribution in [1.82, 2.24) is 15.5 Å². The van der Waals surface area contributed by atoms with Crippen molar-refractivity contribution in [3.8, 4) is 0 Å². The fourth-order valence-electron chi connectivity index (χ4n) is 1.95. The van der Waals surface area contributed by atoms with Crippen molar-refractivity contribution < 1.29 is 4.79 Å². The maximum absolute atomic E-state index is 12.2. The van der Waals surface area contributed by atoms with E-state index in [1.807, 2.05) is 13.2 Å². The summed E-state index contributed by atoms with van der Waals surface area (Å²) in [4.78, 5) is 23.9. The van der Waals surface area contributed by atoms with Crippen molar-refractivity contribution in [2.45, 2.75) is 19.4 Å². The molecular weight excluding hydrogens is 274 g/mol. The van der Waals surface area contributed by atoms with Crippen molar-refractivity contribution in [3.63, 3.8) is 0 Å². The Labute approximate surface area is 121 Å². The SMILES string of the molecule is CSCCC(C)NC(=O)c1n[nH]c(=O)c2ccccc12. The Kier molecular flexibility index (Phi) is 4.79. The standard InChI is InChI=1S/C14H17N3O2S/c1-9(7-8-20-2)15-14(19)12-10-5-3-4-6-11(10)13(18)17-16-12/h3-6,9H,7-8H2,1-2H3,(H,15,19)(H,17,18). The van der Waals surface area contributed by atoms with Crippen LogP contribution in [0.25, 0.3) is 10.8 Å². The molecule has 2 aromatic rings. The minimum Gasteiger partial charge on any atom is -0.348 e. The maximum atomic E-state index is 12.2. The largest absolute Gasteiger partial charge is 0.348 e. The van der Waals surface area contributed by atoms with Gasteiger partial charge >= 0.3 is 0 Å². The Hall–Kier alpha value is -1.82. The molecule has 1 unspecified atom stereocenters. The van der Waals surface area contributed by atoms with Gasteiger partial charge in [-0.25, -0.2) is 5.10 Å². The first-order valence-electron chi connectivity index (χ1n) is 6.40. The summed E-state index contributed by atoms with van der Waals surface area (Å²) in [5.41, 5.74) is -0.0243. The molecule has 0 aliphatic heterocycles. The van der Waals surface area contributed by atoms with Gasteiger partial charge in [0.2, 0.25) is 0 Å². The first-order valence-corrected chi connectivity index (χ1v) is 7.80. The molecule has 6 heteroatoms. The summed E-state index contributed by atoms with van der Waals surface area (Å²) in [5.74, 6) is 0.729. The summed E-state index contributed by atoms with van der Waals surface area (Å²) < 4.78 is 0. The van der Waals surface area contributed by atoms with Crippen LogP contribution in [-0.2, 0) is 0 Å². The molecule has 1 aromatic carbocycles. The van der Waals surface area contributed by atoms with Crippen LogP contribution in [0.2, 0.25) is 0 Å². The van der Waals surface area contributed by atoms with Crippen LogP contribution < -0.4 is 10.9 Å². The second kappa shape index (κ2) is 6.56. The van der Waals surface area contributed by atoms with Crippen LogP contribution in [-0.4, -0.2) is 34.2 Å². The number of aromatic nitrogens is 2. The van der Waals surface area contributed by atoms with Crippen LogP contribution in [0.1, 0.15) is 23.8 Å². The third kappa shape index (κ3) is 3.19. The first kappa shape index (κ1) is 14.6. The highest BCUT2D eigenvalue weighted by atomic mass is 32.2. The van der Waals surface area contributed by atoms with E-state index in [0.29, 0.717) is 10.8 Å². The molecule has 1 heterocycles. The minimum absolute atomic E-state index is 0.0717. The average Bonchev–Trinajstić information content (AvgIpc) is 2.45. The minimum atomic E-state index is -0.285. The summed E-state index contributed by atoms with van der Waals surface area (Å²) >= 11 is 1.74. The van der Waals surface area contributed by atoms with Gasteiger partial charge in [-0.2, -0.15) is 16.9 Å². The van der Waals surface area contributed by atoms with E-state index < -0.39 is 0 Å². The second-order valence-electron chi connectivity index (χ2n) is 4.60.